The van der Waals surface area contributed by atoms with Gasteiger partial charge < -0.3 is 4.90 Å². The van der Waals surface area contributed by atoms with Gasteiger partial charge in [-0.05, 0) is 44.2 Å². The molecule has 1 saturated carbocycles. The molecular weight excluding hydrogens is 198 g/mol. The first-order valence-corrected chi connectivity index (χ1v) is 6.82. The second kappa shape index (κ2) is 4.87. The van der Waals surface area contributed by atoms with E-state index in [-0.39, 0.29) is 0 Å². The Morgan fingerprint density at radius 1 is 1.25 bits per heavy atom. The maximum absolute atomic E-state index is 11.9. The van der Waals surface area contributed by atoms with Gasteiger partial charge in [0.15, 0.2) is 0 Å². The summed E-state index contributed by atoms with van der Waals surface area (Å²) in [7, 11) is 0. The number of hydrogen-bond acceptors (Lipinski definition) is 2. The zero-order chi connectivity index (χ0) is 11.6. The molecule has 2 fully saturated rings. The number of carbonyl (C=O) groups excluding carboxylic acids is 1. The van der Waals surface area contributed by atoms with E-state index in [9.17, 15) is 4.79 Å². The van der Waals surface area contributed by atoms with Gasteiger partial charge in [0, 0.05) is 18.9 Å². The molecule has 2 heteroatoms. The Morgan fingerprint density at radius 2 is 1.94 bits per heavy atom. The SMILES string of the molecule is CC1(C)CCC(=O)C(CN2CCCCC2)C1. The minimum Gasteiger partial charge on any atom is -0.303 e. The van der Waals surface area contributed by atoms with E-state index in [1.54, 1.807) is 0 Å². The van der Waals surface area contributed by atoms with Crippen LogP contribution in [0.3, 0.4) is 0 Å². The fourth-order valence-electron chi connectivity index (χ4n) is 3.17. The second-order valence-corrected chi connectivity index (χ2v) is 6.39. The number of carbonyl (C=O) groups is 1. The normalized spacial score (nSPS) is 31.6. The van der Waals surface area contributed by atoms with Crippen molar-refractivity contribution in [3.05, 3.63) is 0 Å². The predicted molar refractivity (Wildman–Crippen MR) is 66.4 cm³/mol. The van der Waals surface area contributed by atoms with Crippen molar-refractivity contribution in [2.24, 2.45) is 11.3 Å². The van der Waals surface area contributed by atoms with Gasteiger partial charge in [0.1, 0.15) is 5.78 Å². The molecule has 1 unspecified atom stereocenters. The first kappa shape index (κ1) is 12.1. The van der Waals surface area contributed by atoms with Gasteiger partial charge in [-0.3, -0.25) is 4.79 Å². The molecule has 1 heterocycles. The fraction of sp³-hybridized carbons (Fsp3) is 0.929. The molecule has 0 radical (unpaired) electrons. The number of Topliss-reactive ketones (excluding diaryl/α,β-unsaturated/α-hetero) is 1. The van der Waals surface area contributed by atoms with Crippen LogP contribution in [0.1, 0.15) is 52.4 Å². The van der Waals surface area contributed by atoms with E-state index in [2.05, 4.69) is 18.7 Å². The van der Waals surface area contributed by atoms with E-state index in [4.69, 9.17) is 0 Å². The smallest absolute Gasteiger partial charge is 0.137 e. The number of ketones is 1. The Hall–Kier alpha value is -0.370. The van der Waals surface area contributed by atoms with Crippen LogP contribution in [0.4, 0.5) is 0 Å². The minimum absolute atomic E-state index is 0.321. The number of likely N-dealkylation sites (tertiary alicyclic amines) is 1. The lowest BCUT2D eigenvalue weighted by molar-refractivity contribution is -0.127. The lowest BCUT2D eigenvalue weighted by atomic mass is 9.71. The van der Waals surface area contributed by atoms with Crippen molar-refractivity contribution in [2.75, 3.05) is 19.6 Å². The molecule has 0 spiro atoms. The van der Waals surface area contributed by atoms with Gasteiger partial charge in [0.05, 0.1) is 0 Å². The quantitative estimate of drug-likeness (QED) is 0.717. The molecule has 1 aliphatic carbocycles. The summed E-state index contributed by atoms with van der Waals surface area (Å²) < 4.78 is 0. The van der Waals surface area contributed by atoms with Crippen LogP contribution in [0.15, 0.2) is 0 Å². The highest BCUT2D eigenvalue weighted by molar-refractivity contribution is 5.82. The molecule has 1 atom stereocenters. The highest BCUT2D eigenvalue weighted by atomic mass is 16.1. The van der Waals surface area contributed by atoms with Gasteiger partial charge in [-0.25, -0.2) is 0 Å². The summed E-state index contributed by atoms with van der Waals surface area (Å²) in [5.41, 5.74) is 0.383. The third-order valence-electron chi connectivity index (χ3n) is 4.23. The first-order valence-electron chi connectivity index (χ1n) is 6.82. The van der Waals surface area contributed by atoms with Crippen LogP contribution in [0, 0.1) is 11.3 Å². The van der Waals surface area contributed by atoms with Crippen LogP contribution in [-0.2, 0) is 4.79 Å². The first-order chi connectivity index (χ1) is 7.57. The molecular formula is C14H25NO. The average Bonchev–Trinajstić information content (AvgIpc) is 2.25. The molecule has 0 aromatic carbocycles. The van der Waals surface area contributed by atoms with Gasteiger partial charge in [0.2, 0.25) is 0 Å². The summed E-state index contributed by atoms with van der Waals surface area (Å²) in [5, 5.41) is 0. The summed E-state index contributed by atoms with van der Waals surface area (Å²) >= 11 is 0. The molecule has 2 rings (SSSR count). The van der Waals surface area contributed by atoms with E-state index in [1.807, 2.05) is 0 Å². The van der Waals surface area contributed by atoms with E-state index in [0.29, 0.717) is 17.1 Å². The average molecular weight is 223 g/mol. The standard InChI is InChI=1S/C14H25NO/c1-14(2)7-6-13(16)12(10-14)11-15-8-4-3-5-9-15/h12H,3-11H2,1-2H3. The zero-order valence-electron chi connectivity index (χ0n) is 10.8. The molecule has 0 bridgehead atoms. The molecule has 1 aliphatic heterocycles. The molecule has 0 aromatic heterocycles. The van der Waals surface area contributed by atoms with Crippen LogP contribution < -0.4 is 0 Å². The van der Waals surface area contributed by atoms with Crippen molar-refractivity contribution in [3.63, 3.8) is 0 Å². The van der Waals surface area contributed by atoms with Crippen LogP contribution >= 0.6 is 0 Å². The van der Waals surface area contributed by atoms with Gasteiger partial charge in [0.25, 0.3) is 0 Å². The molecule has 92 valence electrons. The largest absolute Gasteiger partial charge is 0.303 e. The Morgan fingerprint density at radius 3 is 2.62 bits per heavy atom. The van der Waals surface area contributed by atoms with Gasteiger partial charge in [-0.15, -0.1) is 0 Å². The van der Waals surface area contributed by atoms with Gasteiger partial charge in [-0.2, -0.15) is 0 Å². The third-order valence-corrected chi connectivity index (χ3v) is 4.23. The van der Waals surface area contributed by atoms with Crippen LogP contribution in [-0.4, -0.2) is 30.3 Å². The van der Waals surface area contributed by atoms with Crippen LogP contribution in [0.5, 0.6) is 0 Å². The monoisotopic (exact) mass is 223 g/mol. The van der Waals surface area contributed by atoms with Crippen LogP contribution in [0.2, 0.25) is 0 Å². The second-order valence-electron chi connectivity index (χ2n) is 6.39. The van der Waals surface area contributed by atoms with Crippen molar-refractivity contribution in [1.82, 2.24) is 4.90 Å². The zero-order valence-corrected chi connectivity index (χ0v) is 10.8. The van der Waals surface area contributed by atoms with E-state index in [1.165, 1.54) is 32.4 Å². The summed E-state index contributed by atoms with van der Waals surface area (Å²) in [6.07, 6.45) is 7.02. The number of piperidine rings is 1. The predicted octanol–water partition coefficient (Wildman–Crippen LogP) is 2.87. The Bertz CT molecular complexity index is 253. The summed E-state index contributed by atoms with van der Waals surface area (Å²) in [6, 6.07) is 0. The van der Waals surface area contributed by atoms with E-state index >= 15 is 0 Å². The topological polar surface area (TPSA) is 20.3 Å². The van der Waals surface area contributed by atoms with Gasteiger partial charge >= 0.3 is 0 Å². The molecule has 0 N–H and O–H groups in total. The van der Waals surface area contributed by atoms with E-state index in [0.717, 1.165) is 25.8 Å². The highest BCUT2D eigenvalue weighted by Gasteiger charge is 2.34. The fourth-order valence-corrected chi connectivity index (χ4v) is 3.17. The Kier molecular flexibility index (Phi) is 3.68. The lowest BCUT2D eigenvalue weighted by Crippen LogP contribution is -2.40. The minimum atomic E-state index is 0.321. The molecule has 16 heavy (non-hydrogen) atoms. The maximum Gasteiger partial charge on any atom is 0.137 e. The molecule has 2 aliphatic rings. The summed E-state index contributed by atoms with van der Waals surface area (Å²) in [4.78, 5) is 14.4. The third kappa shape index (κ3) is 3.07. The molecule has 2 nitrogen and oxygen atoms in total. The molecule has 1 saturated heterocycles. The highest BCUT2D eigenvalue weighted by Crippen LogP contribution is 2.37. The number of hydrogen-bond donors (Lipinski definition) is 0. The van der Waals surface area contributed by atoms with Crippen molar-refractivity contribution in [2.45, 2.75) is 52.4 Å². The van der Waals surface area contributed by atoms with Crippen LogP contribution in [0.25, 0.3) is 0 Å². The van der Waals surface area contributed by atoms with Crippen molar-refractivity contribution in [1.29, 1.82) is 0 Å². The molecule has 0 amide bonds. The lowest BCUT2D eigenvalue weighted by Gasteiger charge is -2.37. The van der Waals surface area contributed by atoms with Crippen molar-refractivity contribution >= 4 is 5.78 Å². The Balaban J connectivity index is 1.89. The van der Waals surface area contributed by atoms with Crippen molar-refractivity contribution < 1.29 is 4.79 Å². The Labute approximate surface area is 99.4 Å². The van der Waals surface area contributed by atoms with Crippen molar-refractivity contribution in [3.8, 4) is 0 Å². The van der Waals surface area contributed by atoms with Gasteiger partial charge in [-0.1, -0.05) is 20.3 Å². The summed E-state index contributed by atoms with van der Waals surface area (Å²) in [6.45, 7) is 8.07. The number of nitrogens with zero attached hydrogens (tertiary/aromatic N) is 1. The number of rotatable bonds is 2. The van der Waals surface area contributed by atoms with E-state index < -0.39 is 0 Å². The maximum atomic E-state index is 11.9. The molecule has 0 aromatic rings. The summed E-state index contributed by atoms with van der Waals surface area (Å²) in [5.74, 6) is 0.840.